The zero-order chi connectivity index (χ0) is 13.2. The number of benzene rings is 1. The van der Waals surface area contributed by atoms with E-state index >= 15 is 0 Å². The molecule has 0 aliphatic heterocycles. The molecule has 0 saturated heterocycles. The monoisotopic (exact) mass is 383 g/mol. The van der Waals surface area contributed by atoms with Gasteiger partial charge in [0.05, 0.1) is 8.45 Å². The van der Waals surface area contributed by atoms with E-state index < -0.39 is 0 Å². The van der Waals surface area contributed by atoms with Gasteiger partial charge in [-0.1, -0.05) is 30.3 Å². The lowest BCUT2D eigenvalue weighted by atomic mass is 10.2. The van der Waals surface area contributed by atoms with E-state index in [1.807, 2.05) is 34.5 Å². The van der Waals surface area contributed by atoms with Crippen LogP contribution in [0.25, 0.3) is 0 Å². The lowest BCUT2D eigenvalue weighted by Crippen LogP contribution is -2.32. The second-order valence-corrected chi connectivity index (χ2v) is 7.59. The molecule has 0 bridgehead atoms. The summed E-state index contributed by atoms with van der Waals surface area (Å²) in [5, 5.41) is 1.96. The van der Waals surface area contributed by atoms with Crippen molar-refractivity contribution >= 4 is 39.8 Å². The third-order valence-corrected chi connectivity index (χ3v) is 5.05. The molecule has 0 spiro atoms. The Balaban J connectivity index is 1.79. The highest BCUT2D eigenvalue weighted by atomic mass is 127. The number of halogens is 1. The summed E-state index contributed by atoms with van der Waals surface area (Å²) < 4.78 is 1.16. The maximum atomic E-state index is 12.6. The Morgan fingerprint density at radius 1 is 1.32 bits per heavy atom. The van der Waals surface area contributed by atoms with E-state index in [2.05, 4.69) is 34.7 Å². The number of carbonyl (C=O) groups excluding carboxylic acids is 1. The smallest absolute Gasteiger partial charge is 0.255 e. The summed E-state index contributed by atoms with van der Waals surface area (Å²) in [6.07, 6.45) is 2.28. The predicted molar refractivity (Wildman–Crippen MR) is 86.4 cm³/mol. The van der Waals surface area contributed by atoms with Gasteiger partial charge in [-0.25, -0.2) is 0 Å². The Labute approximate surface area is 130 Å². The fourth-order valence-electron chi connectivity index (χ4n) is 2.12. The highest BCUT2D eigenvalue weighted by molar-refractivity contribution is 14.1. The van der Waals surface area contributed by atoms with Crippen LogP contribution < -0.4 is 0 Å². The van der Waals surface area contributed by atoms with Crippen molar-refractivity contribution < 1.29 is 4.79 Å². The van der Waals surface area contributed by atoms with Gasteiger partial charge in [-0.3, -0.25) is 4.79 Å². The standard InChI is InChI=1S/C15H14INOS/c16-14-8-12(10-19-14)15(18)17(13-6-7-13)9-11-4-2-1-3-5-11/h1-5,8,10,13H,6-7,9H2. The minimum absolute atomic E-state index is 0.172. The predicted octanol–water partition coefficient (Wildman–Crippen LogP) is 4.16. The third kappa shape index (κ3) is 3.17. The van der Waals surface area contributed by atoms with Crippen LogP contribution in [0.3, 0.4) is 0 Å². The highest BCUT2D eigenvalue weighted by Crippen LogP contribution is 2.30. The van der Waals surface area contributed by atoms with Crippen molar-refractivity contribution in [2.24, 2.45) is 0 Å². The largest absolute Gasteiger partial charge is 0.331 e. The molecular weight excluding hydrogens is 369 g/mol. The van der Waals surface area contributed by atoms with E-state index in [1.54, 1.807) is 11.3 Å². The summed E-state index contributed by atoms with van der Waals surface area (Å²) in [5.74, 6) is 0.172. The number of thiophene rings is 1. The molecule has 2 aromatic rings. The van der Waals surface area contributed by atoms with Crippen LogP contribution in [0, 0.1) is 2.88 Å². The fraction of sp³-hybridized carbons (Fsp3) is 0.267. The average Bonchev–Trinajstić information content (AvgIpc) is 3.18. The Bertz CT molecular complexity index is 577. The number of amides is 1. The molecule has 0 radical (unpaired) electrons. The van der Waals surface area contributed by atoms with Crippen LogP contribution in [0.5, 0.6) is 0 Å². The van der Waals surface area contributed by atoms with Gasteiger partial charge in [0.25, 0.3) is 5.91 Å². The number of hydrogen-bond acceptors (Lipinski definition) is 2. The van der Waals surface area contributed by atoms with Crippen LogP contribution in [0.15, 0.2) is 41.8 Å². The molecule has 1 amide bonds. The first-order valence-corrected chi connectivity index (χ1v) is 8.29. The molecule has 19 heavy (non-hydrogen) atoms. The highest BCUT2D eigenvalue weighted by Gasteiger charge is 2.33. The number of hydrogen-bond donors (Lipinski definition) is 0. The minimum Gasteiger partial charge on any atom is -0.331 e. The molecule has 1 aromatic carbocycles. The van der Waals surface area contributed by atoms with Gasteiger partial charge in [0.2, 0.25) is 0 Å². The Morgan fingerprint density at radius 2 is 2.05 bits per heavy atom. The molecule has 1 heterocycles. The third-order valence-electron chi connectivity index (χ3n) is 3.26. The molecule has 98 valence electrons. The molecule has 1 saturated carbocycles. The molecule has 4 heteroatoms. The topological polar surface area (TPSA) is 20.3 Å². The van der Waals surface area contributed by atoms with Crippen molar-refractivity contribution in [1.82, 2.24) is 4.90 Å². The second-order valence-electron chi connectivity index (χ2n) is 4.79. The SMILES string of the molecule is O=C(c1csc(I)c1)N(Cc1ccccc1)C1CC1. The van der Waals surface area contributed by atoms with Crippen molar-refractivity contribution in [2.45, 2.75) is 25.4 Å². The van der Waals surface area contributed by atoms with E-state index in [0.29, 0.717) is 6.04 Å². The molecule has 0 unspecified atom stereocenters. The van der Waals surface area contributed by atoms with E-state index in [-0.39, 0.29) is 5.91 Å². The zero-order valence-electron chi connectivity index (χ0n) is 10.4. The van der Waals surface area contributed by atoms with Crippen LogP contribution in [0.1, 0.15) is 28.8 Å². The molecule has 1 aliphatic rings. The number of carbonyl (C=O) groups is 1. The average molecular weight is 383 g/mol. The zero-order valence-corrected chi connectivity index (χ0v) is 13.4. The summed E-state index contributed by atoms with van der Waals surface area (Å²) in [4.78, 5) is 14.6. The van der Waals surface area contributed by atoms with Gasteiger partial charge in [-0.15, -0.1) is 11.3 Å². The van der Waals surface area contributed by atoms with Crippen LogP contribution in [-0.2, 0) is 6.54 Å². The summed E-state index contributed by atoms with van der Waals surface area (Å²) >= 11 is 3.89. The van der Waals surface area contributed by atoms with Gasteiger partial charge in [0.15, 0.2) is 0 Å². The Kier molecular flexibility index (Phi) is 3.88. The van der Waals surface area contributed by atoms with Gasteiger partial charge in [-0.2, -0.15) is 0 Å². The molecule has 1 aliphatic carbocycles. The van der Waals surface area contributed by atoms with Crippen molar-refractivity contribution in [3.63, 3.8) is 0 Å². The van der Waals surface area contributed by atoms with E-state index in [4.69, 9.17) is 0 Å². The normalized spacial score (nSPS) is 14.4. The molecule has 0 atom stereocenters. The first-order valence-electron chi connectivity index (χ1n) is 6.33. The van der Waals surface area contributed by atoms with Crippen LogP contribution >= 0.6 is 33.9 Å². The fourth-order valence-corrected chi connectivity index (χ4v) is 3.44. The summed E-state index contributed by atoms with van der Waals surface area (Å²) in [6.45, 7) is 0.719. The van der Waals surface area contributed by atoms with Gasteiger partial charge < -0.3 is 4.90 Å². The van der Waals surface area contributed by atoms with Gasteiger partial charge >= 0.3 is 0 Å². The summed E-state index contributed by atoms with van der Waals surface area (Å²) in [7, 11) is 0. The Hall–Kier alpha value is -0.880. The van der Waals surface area contributed by atoms with Crippen LogP contribution in [-0.4, -0.2) is 16.8 Å². The lowest BCUT2D eigenvalue weighted by molar-refractivity contribution is 0.0730. The summed E-state index contributed by atoms with van der Waals surface area (Å²) in [6, 6.07) is 12.6. The lowest BCUT2D eigenvalue weighted by Gasteiger charge is -2.22. The van der Waals surface area contributed by atoms with E-state index in [9.17, 15) is 4.79 Å². The summed E-state index contributed by atoms with van der Waals surface area (Å²) in [5.41, 5.74) is 2.03. The molecule has 2 nitrogen and oxygen atoms in total. The van der Waals surface area contributed by atoms with Gasteiger partial charge in [0.1, 0.15) is 0 Å². The molecular formula is C15H14INOS. The first-order chi connectivity index (χ1) is 9.24. The van der Waals surface area contributed by atoms with Crippen molar-refractivity contribution in [2.75, 3.05) is 0 Å². The molecule has 3 rings (SSSR count). The maximum Gasteiger partial charge on any atom is 0.255 e. The van der Waals surface area contributed by atoms with Crippen molar-refractivity contribution in [3.8, 4) is 0 Å². The van der Waals surface area contributed by atoms with E-state index in [0.717, 1.165) is 27.8 Å². The molecule has 1 fully saturated rings. The van der Waals surface area contributed by atoms with Crippen molar-refractivity contribution in [1.29, 1.82) is 0 Å². The Morgan fingerprint density at radius 3 is 2.63 bits per heavy atom. The number of nitrogens with zero attached hydrogens (tertiary/aromatic N) is 1. The quantitative estimate of drug-likeness (QED) is 0.727. The molecule has 0 N–H and O–H groups in total. The minimum atomic E-state index is 0.172. The van der Waals surface area contributed by atoms with Crippen LogP contribution in [0.4, 0.5) is 0 Å². The first kappa shape index (κ1) is 13.1. The van der Waals surface area contributed by atoms with Gasteiger partial charge in [-0.05, 0) is 47.1 Å². The molecule has 1 aromatic heterocycles. The second kappa shape index (κ2) is 5.63. The maximum absolute atomic E-state index is 12.6. The van der Waals surface area contributed by atoms with Gasteiger partial charge in [0, 0.05) is 18.0 Å². The number of rotatable bonds is 4. The van der Waals surface area contributed by atoms with E-state index in [1.165, 1.54) is 5.56 Å². The van der Waals surface area contributed by atoms with Crippen molar-refractivity contribution in [3.05, 3.63) is 55.8 Å². The van der Waals surface area contributed by atoms with Crippen LogP contribution in [0.2, 0.25) is 0 Å².